The van der Waals surface area contributed by atoms with Crippen LogP contribution in [0.4, 0.5) is 4.79 Å². The van der Waals surface area contributed by atoms with Gasteiger partial charge in [-0.15, -0.1) is 0 Å². The van der Waals surface area contributed by atoms with Gasteiger partial charge in [0.2, 0.25) is 5.91 Å². The Bertz CT molecular complexity index is 373. The highest BCUT2D eigenvalue weighted by Crippen LogP contribution is 2.16. The van der Waals surface area contributed by atoms with E-state index in [0.29, 0.717) is 26.1 Å². The Hall–Kier alpha value is -1.30. The van der Waals surface area contributed by atoms with Crippen molar-refractivity contribution in [2.75, 3.05) is 52.4 Å². The molecule has 2 rings (SSSR count). The number of hydrogen-bond acceptors (Lipinski definition) is 4. The molecular formula is C16H29N3O3. The van der Waals surface area contributed by atoms with Crippen molar-refractivity contribution in [3.05, 3.63) is 0 Å². The first-order valence-electron chi connectivity index (χ1n) is 8.52. The van der Waals surface area contributed by atoms with Gasteiger partial charge in [0.15, 0.2) is 0 Å². The van der Waals surface area contributed by atoms with E-state index in [2.05, 4.69) is 11.8 Å². The van der Waals surface area contributed by atoms with Crippen LogP contribution in [0, 0.1) is 5.92 Å². The molecule has 0 N–H and O–H groups in total. The molecule has 0 aromatic rings. The van der Waals surface area contributed by atoms with Crippen molar-refractivity contribution in [3.63, 3.8) is 0 Å². The molecule has 0 aromatic carbocycles. The minimum absolute atomic E-state index is 0.222. The zero-order valence-corrected chi connectivity index (χ0v) is 13.9. The second kappa shape index (κ2) is 8.36. The number of amides is 2. The Morgan fingerprint density at radius 1 is 1.00 bits per heavy atom. The number of ether oxygens (including phenoxy) is 1. The van der Waals surface area contributed by atoms with Crippen LogP contribution in [0.1, 0.15) is 33.1 Å². The van der Waals surface area contributed by atoms with Crippen molar-refractivity contribution in [2.45, 2.75) is 33.1 Å². The van der Waals surface area contributed by atoms with Crippen LogP contribution in [0.5, 0.6) is 0 Å². The molecule has 0 saturated carbocycles. The van der Waals surface area contributed by atoms with Gasteiger partial charge in [0.05, 0.1) is 6.61 Å². The molecule has 2 fully saturated rings. The van der Waals surface area contributed by atoms with Crippen molar-refractivity contribution in [1.29, 1.82) is 0 Å². The molecule has 2 aliphatic heterocycles. The number of hydrogen-bond donors (Lipinski definition) is 0. The molecule has 126 valence electrons. The Labute approximate surface area is 133 Å². The van der Waals surface area contributed by atoms with Gasteiger partial charge in [0.1, 0.15) is 0 Å². The molecule has 0 spiro atoms. The second-order valence-electron chi connectivity index (χ2n) is 6.34. The van der Waals surface area contributed by atoms with Crippen LogP contribution in [0.25, 0.3) is 0 Å². The van der Waals surface area contributed by atoms with Crippen LogP contribution in [-0.4, -0.2) is 79.1 Å². The number of piperazine rings is 1. The van der Waals surface area contributed by atoms with E-state index in [0.717, 1.165) is 51.5 Å². The van der Waals surface area contributed by atoms with Gasteiger partial charge >= 0.3 is 6.09 Å². The highest BCUT2D eigenvalue weighted by molar-refractivity contribution is 5.76. The number of nitrogens with zero attached hydrogens (tertiary/aromatic N) is 3. The minimum Gasteiger partial charge on any atom is -0.450 e. The monoisotopic (exact) mass is 311 g/mol. The van der Waals surface area contributed by atoms with E-state index < -0.39 is 0 Å². The summed E-state index contributed by atoms with van der Waals surface area (Å²) in [6.45, 7) is 10.1. The third-order valence-corrected chi connectivity index (χ3v) is 4.68. The number of likely N-dealkylation sites (tertiary alicyclic amines) is 1. The van der Waals surface area contributed by atoms with Gasteiger partial charge in [0.25, 0.3) is 0 Å². The second-order valence-corrected chi connectivity index (χ2v) is 6.34. The van der Waals surface area contributed by atoms with Gasteiger partial charge in [-0.3, -0.25) is 9.69 Å². The molecule has 2 saturated heterocycles. The van der Waals surface area contributed by atoms with Gasteiger partial charge < -0.3 is 14.5 Å². The number of carbonyl (C=O) groups is 2. The highest BCUT2D eigenvalue weighted by Gasteiger charge is 2.24. The first kappa shape index (κ1) is 17.1. The largest absolute Gasteiger partial charge is 0.450 e. The maximum Gasteiger partial charge on any atom is 0.409 e. The lowest BCUT2D eigenvalue weighted by Gasteiger charge is -2.35. The van der Waals surface area contributed by atoms with Crippen molar-refractivity contribution >= 4 is 12.0 Å². The summed E-state index contributed by atoms with van der Waals surface area (Å²) in [6, 6.07) is 0. The summed E-state index contributed by atoms with van der Waals surface area (Å²) in [7, 11) is 0. The zero-order chi connectivity index (χ0) is 15.9. The lowest BCUT2D eigenvalue weighted by molar-refractivity contribution is -0.132. The van der Waals surface area contributed by atoms with Crippen LogP contribution in [0.15, 0.2) is 0 Å². The SMILES string of the molecule is CCOC(=O)N1CCN(CCC(=O)N2CCC(C)CC2)CC1. The van der Waals surface area contributed by atoms with Crippen LogP contribution in [-0.2, 0) is 9.53 Å². The molecule has 0 bridgehead atoms. The molecule has 0 aliphatic carbocycles. The fourth-order valence-corrected chi connectivity index (χ4v) is 3.04. The lowest BCUT2D eigenvalue weighted by atomic mass is 9.99. The van der Waals surface area contributed by atoms with E-state index in [-0.39, 0.29) is 12.0 Å². The summed E-state index contributed by atoms with van der Waals surface area (Å²) in [4.78, 5) is 29.9. The first-order valence-corrected chi connectivity index (χ1v) is 8.52. The number of rotatable bonds is 4. The average Bonchev–Trinajstić information content (AvgIpc) is 2.54. The minimum atomic E-state index is -0.222. The number of piperidine rings is 1. The van der Waals surface area contributed by atoms with Gasteiger partial charge in [-0.2, -0.15) is 0 Å². The van der Waals surface area contributed by atoms with E-state index in [4.69, 9.17) is 4.74 Å². The van der Waals surface area contributed by atoms with Gasteiger partial charge in [-0.25, -0.2) is 4.79 Å². The van der Waals surface area contributed by atoms with Gasteiger partial charge in [-0.1, -0.05) is 6.92 Å². The fourth-order valence-electron chi connectivity index (χ4n) is 3.04. The van der Waals surface area contributed by atoms with Gasteiger partial charge in [-0.05, 0) is 25.7 Å². The molecular weight excluding hydrogens is 282 g/mol. The molecule has 2 heterocycles. The van der Waals surface area contributed by atoms with Crippen molar-refractivity contribution in [2.24, 2.45) is 5.92 Å². The predicted octanol–water partition coefficient (Wildman–Crippen LogP) is 1.41. The Kier molecular flexibility index (Phi) is 6.49. The van der Waals surface area contributed by atoms with E-state index >= 15 is 0 Å². The predicted molar refractivity (Wildman–Crippen MR) is 84.6 cm³/mol. The van der Waals surface area contributed by atoms with Crippen LogP contribution >= 0.6 is 0 Å². The van der Waals surface area contributed by atoms with E-state index in [1.54, 1.807) is 4.90 Å². The quantitative estimate of drug-likeness (QED) is 0.788. The normalized spacial score (nSPS) is 21.0. The average molecular weight is 311 g/mol. The van der Waals surface area contributed by atoms with E-state index in [1.807, 2.05) is 11.8 Å². The van der Waals surface area contributed by atoms with E-state index in [1.165, 1.54) is 0 Å². The Morgan fingerprint density at radius 2 is 1.64 bits per heavy atom. The maximum absolute atomic E-state index is 12.2. The lowest BCUT2D eigenvalue weighted by Crippen LogP contribution is -2.49. The van der Waals surface area contributed by atoms with Crippen LogP contribution < -0.4 is 0 Å². The summed E-state index contributed by atoms with van der Waals surface area (Å²) in [5.41, 5.74) is 0. The smallest absolute Gasteiger partial charge is 0.409 e. The third-order valence-electron chi connectivity index (χ3n) is 4.68. The summed E-state index contributed by atoms with van der Waals surface area (Å²) in [5, 5.41) is 0. The summed E-state index contributed by atoms with van der Waals surface area (Å²) < 4.78 is 5.01. The molecule has 0 aromatic heterocycles. The number of carbonyl (C=O) groups excluding carboxylic acids is 2. The summed E-state index contributed by atoms with van der Waals surface area (Å²) in [5.74, 6) is 1.03. The molecule has 6 heteroatoms. The first-order chi connectivity index (χ1) is 10.6. The molecule has 22 heavy (non-hydrogen) atoms. The van der Waals surface area contributed by atoms with Crippen LogP contribution in [0.2, 0.25) is 0 Å². The molecule has 0 atom stereocenters. The van der Waals surface area contributed by atoms with Crippen molar-refractivity contribution in [3.8, 4) is 0 Å². The third kappa shape index (κ3) is 4.87. The van der Waals surface area contributed by atoms with Gasteiger partial charge in [0, 0.05) is 52.2 Å². The molecule has 0 unspecified atom stereocenters. The maximum atomic E-state index is 12.2. The van der Waals surface area contributed by atoms with Crippen molar-refractivity contribution in [1.82, 2.24) is 14.7 Å². The topological polar surface area (TPSA) is 53.1 Å². The Morgan fingerprint density at radius 3 is 2.23 bits per heavy atom. The summed E-state index contributed by atoms with van der Waals surface area (Å²) >= 11 is 0. The molecule has 0 radical (unpaired) electrons. The van der Waals surface area contributed by atoms with Crippen molar-refractivity contribution < 1.29 is 14.3 Å². The fraction of sp³-hybridized carbons (Fsp3) is 0.875. The van der Waals surface area contributed by atoms with Crippen LogP contribution in [0.3, 0.4) is 0 Å². The molecule has 6 nitrogen and oxygen atoms in total. The van der Waals surface area contributed by atoms with E-state index in [9.17, 15) is 9.59 Å². The standard InChI is InChI=1S/C16H29N3O3/c1-3-22-16(21)19-12-10-17(11-13-19)7-6-15(20)18-8-4-14(2)5-9-18/h14H,3-13H2,1-2H3. The summed E-state index contributed by atoms with van der Waals surface area (Å²) in [6.07, 6.45) is 2.63. The zero-order valence-electron chi connectivity index (χ0n) is 13.9. The highest BCUT2D eigenvalue weighted by atomic mass is 16.6. The molecule has 2 amide bonds. The molecule has 2 aliphatic rings. The Balaban J connectivity index is 1.64.